The second-order valence-corrected chi connectivity index (χ2v) is 4.69. The van der Waals surface area contributed by atoms with Crippen molar-refractivity contribution in [3.8, 4) is 0 Å². The fraction of sp³-hybridized carbons (Fsp3) is 0.182. The molecule has 0 radical (unpaired) electrons. The maximum Gasteiger partial charge on any atom is 0.274 e. The third-order valence-electron chi connectivity index (χ3n) is 2.39. The minimum Gasteiger partial charge on any atom is -0.366 e. The summed E-state index contributed by atoms with van der Waals surface area (Å²) in [7, 11) is 1.69. The predicted octanol–water partition coefficient (Wildman–Crippen LogP) is 1.14. The maximum atomic E-state index is 12.0. The van der Waals surface area contributed by atoms with Crippen molar-refractivity contribution in [2.75, 3.05) is 5.32 Å². The molecular formula is C11H12N4O2S. The molecule has 0 fully saturated rings. The van der Waals surface area contributed by atoms with Crippen molar-refractivity contribution in [2.24, 2.45) is 12.8 Å². The van der Waals surface area contributed by atoms with E-state index >= 15 is 0 Å². The van der Waals surface area contributed by atoms with Gasteiger partial charge in [0.15, 0.2) is 0 Å². The number of amides is 2. The van der Waals surface area contributed by atoms with E-state index in [1.807, 2.05) is 0 Å². The number of anilines is 1. The normalized spacial score (nSPS) is 10.3. The number of carbonyl (C=O) groups excluding carboxylic acids is 2. The van der Waals surface area contributed by atoms with Gasteiger partial charge in [0.25, 0.3) is 11.8 Å². The van der Waals surface area contributed by atoms with Crippen molar-refractivity contribution in [3.63, 3.8) is 0 Å². The Morgan fingerprint density at radius 3 is 2.78 bits per heavy atom. The van der Waals surface area contributed by atoms with Gasteiger partial charge in [-0.1, -0.05) is 0 Å². The molecule has 7 heteroatoms. The second kappa shape index (κ2) is 4.61. The van der Waals surface area contributed by atoms with Gasteiger partial charge in [-0.05, 0) is 24.4 Å². The van der Waals surface area contributed by atoms with Gasteiger partial charge < -0.3 is 11.1 Å². The highest BCUT2D eigenvalue weighted by atomic mass is 32.1. The molecule has 0 spiro atoms. The SMILES string of the molecule is Cc1cc(C(=O)Nc2sccc2C(N)=O)n(C)n1. The Hall–Kier alpha value is -2.15. The molecule has 2 heterocycles. The molecule has 0 atom stereocenters. The van der Waals surface area contributed by atoms with E-state index in [2.05, 4.69) is 10.4 Å². The van der Waals surface area contributed by atoms with Crippen LogP contribution in [0.1, 0.15) is 26.5 Å². The Morgan fingerprint density at radius 1 is 1.50 bits per heavy atom. The summed E-state index contributed by atoms with van der Waals surface area (Å²) < 4.78 is 1.49. The van der Waals surface area contributed by atoms with Crippen LogP contribution in [0.4, 0.5) is 5.00 Å². The molecule has 0 bridgehead atoms. The first kappa shape index (κ1) is 12.3. The van der Waals surface area contributed by atoms with Gasteiger partial charge in [0, 0.05) is 7.05 Å². The van der Waals surface area contributed by atoms with Gasteiger partial charge in [-0.25, -0.2) is 0 Å². The van der Waals surface area contributed by atoms with Gasteiger partial charge in [0.1, 0.15) is 10.7 Å². The van der Waals surface area contributed by atoms with Crippen LogP contribution < -0.4 is 11.1 Å². The number of aromatic nitrogens is 2. The lowest BCUT2D eigenvalue weighted by atomic mass is 10.3. The number of primary amides is 1. The van der Waals surface area contributed by atoms with Gasteiger partial charge in [0.05, 0.1) is 11.3 Å². The van der Waals surface area contributed by atoms with Crippen molar-refractivity contribution in [2.45, 2.75) is 6.92 Å². The fourth-order valence-corrected chi connectivity index (χ4v) is 2.38. The van der Waals surface area contributed by atoms with Crippen LogP contribution in [0.5, 0.6) is 0 Å². The largest absolute Gasteiger partial charge is 0.366 e. The molecule has 0 saturated carbocycles. The van der Waals surface area contributed by atoms with E-state index in [-0.39, 0.29) is 5.91 Å². The summed E-state index contributed by atoms with van der Waals surface area (Å²) in [6.07, 6.45) is 0. The Bertz CT molecular complexity index is 614. The zero-order chi connectivity index (χ0) is 13.3. The number of rotatable bonds is 3. The monoisotopic (exact) mass is 264 g/mol. The quantitative estimate of drug-likeness (QED) is 0.871. The lowest BCUT2D eigenvalue weighted by Gasteiger charge is -2.04. The third-order valence-corrected chi connectivity index (χ3v) is 3.22. The zero-order valence-electron chi connectivity index (χ0n) is 9.93. The molecule has 2 aromatic rings. The number of nitrogens with zero attached hydrogens (tertiary/aromatic N) is 2. The Balaban J connectivity index is 2.24. The molecule has 94 valence electrons. The van der Waals surface area contributed by atoms with E-state index in [1.165, 1.54) is 16.0 Å². The van der Waals surface area contributed by atoms with Gasteiger partial charge in [-0.2, -0.15) is 5.10 Å². The van der Waals surface area contributed by atoms with Crippen molar-refractivity contribution < 1.29 is 9.59 Å². The molecule has 2 amide bonds. The molecule has 0 aliphatic rings. The van der Waals surface area contributed by atoms with E-state index in [0.29, 0.717) is 16.3 Å². The van der Waals surface area contributed by atoms with Crippen molar-refractivity contribution in [3.05, 3.63) is 34.5 Å². The standard InChI is InChI=1S/C11H12N4O2S/c1-6-5-8(15(2)14-6)10(17)13-11-7(9(12)16)3-4-18-11/h3-5H,1-2H3,(H2,12,16)(H,13,17). The van der Waals surface area contributed by atoms with Crippen LogP contribution in [0.2, 0.25) is 0 Å². The number of carbonyl (C=O) groups is 2. The number of aryl methyl sites for hydroxylation is 2. The molecular weight excluding hydrogens is 252 g/mol. The maximum absolute atomic E-state index is 12.0. The Labute approximate surface area is 107 Å². The van der Waals surface area contributed by atoms with Gasteiger partial charge in [-0.3, -0.25) is 14.3 Å². The summed E-state index contributed by atoms with van der Waals surface area (Å²) >= 11 is 1.25. The highest BCUT2D eigenvalue weighted by Crippen LogP contribution is 2.23. The summed E-state index contributed by atoms with van der Waals surface area (Å²) in [5.41, 5.74) is 6.70. The van der Waals surface area contributed by atoms with Crippen LogP contribution >= 0.6 is 11.3 Å². The first-order chi connectivity index (χ1) is 8.49. The van der Waals surface area contributed by atoms with Crippen LogP contribution in [0, 0.1) is 6.92 Å². The molecule has 0 aliphatic heterocycles. The minimum atomic E-state index is -0.562. The lowest BCUT2D eigenvalue weighted by Crippen LogP contribution is -2.18. The van der Waals surface area contributed by atoms with Crippen molar-refractivity contribution in [1.29, 1.82) is 0 Å². The van der Waals surface area contributed by atoms with E-state index in [0.717, 1.165) is 5.69 Å². The van der Waals surface area contributed by atoms with E-state index in [1.54, 1.807) is 31.5 Å². The number of nitrogens with two attached hydrogens (primary N) is 1. The molecule has 3 N–H and O–H groups in total. The van der Waals surface area contributed by atoms with Crippen molar-refractivity contribution >= 4 is 28.2 Å². The lowest BCUT2D eigenvalue weighted by molar-refractivity contribution is 0.100. The molecule has 2 aromatic heterocycles. The molecule has 2 rings (SSSR count). The number of hydrogen-bond donors (Lipinski definition) is 2. The van der Waals surface area contributed by atoms with E-state index in [9.17, 15) is 9.59 Å². The molecule has 0 saturated heterocycles. The van der Waals surface area contributed by atoms with Gasteiger partial charge in [0.2, 0.25) is 0 Å². The second-order valence-electron chi connectivity index (χ2n) is 3.78. The molecule has 18 heavy (non-hydrogen) atoms. The molecule has 6 nitrogen and oxygen atoms in total. The number of thiophene rings is 1. The molecule has 0 aromatic carbocycles. The third kappa shape index (κ3) is 2.25. The summed E-state index contributed by atoms with van der Waals surface area (Å²) in [5, 5.41) is 8.90. The first-order valence-electron chi connectivity index (χ1n) is 5.18. The average molecular weight is 264 g/mol. The Morgan fingerprint density at radius 2 is 2.22 bits per heavy atom. The van der Waals surface area contributed by atoms with Gasteiger partial charge in [-0.15, -0.1) is 11.3 Å². The molecule has 0 unspecified atom stereocenters. The van der Waals surface area contributed by atoms with Crippen LogP contribution in [0.3, 0.4) is 0 Å². The minimum absolute atomic E-state index is 0.312. The molecule has 0 aliphatic carbocycles. The number of nitrogens with one attached hydrogen (secondary N) is 1. The highest BCUT2D eigenvalue weighted by molar-refractivity contribution is 7.14. The average Bonchev–Trinajstić information content (AvgIpc) is 2.85. The Kier molecular flexibility index (Phi) is 3.15. The van der Waals surface area contributed by atoms with Crippen molar-refractivity contribution in [1.82, 2.24) is 9.78 Å². The van der Waals surface area contributed by atoms with Crippen LogP contribution in [-0.4, -0.2) is 21.6 Å². The predicted molar refractivity (Wildman–Crippen MR) is 68.7 cm³/mol. The summed E-state index contributed by atoms with van der Waals surface area (Å²) in [6, 6.07) is 3.25. The van der Waals surface area contributed by atoms with E-state index < -0.39 is 5.91 Å². The smallest absolute Gasteiger partial charge is 0.274 e. The zero-order valence-corrected chi connectivity index (χ0v) is 10.7. The van der Waals surface area contributed by atoms with Crippen LogP contribution in [0.25, 0.3) is 0 Å². The van der Waals surface area contributed by atoms with Crippen LogP contribution in [0.15, 0.2) is 17.5 Å². The fourth-order valence-electron chi connectivity index (χ4n) is 1.59. The number of hydrogen-bond acceptors (Lipinski definition) is 4. The van der Waals surface area contributed by atoms with E-state index in [4.69, 9.17) is 5.73 Å². The topological polar surface area (TPSA) is 90.0 Å². The van der Waals surface area contributed by atoms with Gasteiger partial charge >= 0.3 is 0 Å². The summed E-state index contributed by atoms with van der Waals surface area (Å²) in [4.78, 5) is 23.1. The highest BCUT2D eigenvalue weighted by Gasteiger charge is 2.16. The van der Waals surface area contributed by atoms with Crippen LogP contribution in [-0.2, 0) is 7.05 Å². The summed E-state index contributed by atoms with van der Waals surface area (Å²) in [6.45, 7) is 1.80. The first-order valence-corrected chi connectivity index (χ1v) is 6.06. The summed E-state index contributed by atoms with van der Waals surface area (Å²) in [5.74, 6) is -0.879.